The van der Waals surface area contributed by atoms with Crippen LogP contribution in [0.3, 0.4) is 0 Å². The molecule has 0 saturated carbocycles. The lowest BCUT2D eigenvalue weighted by atomic mass is 9.89. The molecule has 0 bridgehead atoms. The molecule has 1 aliphatic rings. The molecule has 0 radical (unpaired) electrons. The first-order valence-corrected chi connectivity index (χ1v) is 13.1. The van der Waals surface area contributed by atoms with E-state index in [9.17, 15) is 4.79 Å². The first-order chi connectivity index (χ1) is 19.0. The highest BCUT2D eigenvalue weighted by molar-refractivity contribution is 6.30. The molecule has 3 aromatic rings. The van der Waals surface area contributed by atoms with Gasteiger partial charge in [-0.1, -0.05) is 53.1 Å². The van der Waals surface area contributed by atoms with Gasteiger partial charge in [0.15, 0.2) is 5.54 Å². The van der Waals surface area contributed by atoms with Gasteiger partial charge < -0.3 is 19.9 Å². The summed E-state index contributed by atoms with van der Waals surface area (Å²) in [7, 11) is 0. The van der Waals surface area contributed by atoms with Crippen LogP contribution < -0.4 is 10.1 Å². The van der Waals surface area contributed by atoms with E-state index in [0.29, 0.717) is 42.7 Å². The normalized spacial score (nSPS) is 16.1. The van der Waals surface area contributed by atoms with E-state index < -0.39 is 5.54 Å². The number of aliphatic hydroxyl groups excluding tert-OH is 1. The highest BCUT2D eigenvalue weighted by atomic mass is 35.5. The van der Waals surface area contributed by atoms with Crippen LogP contribution in [0, 0.1) is 0 Å². The molecule has 39 heavy (non-hydrogen) atoms. The summed E-state index contributed by atoms with van der Waals surface area (Å²) in [5.74, 6) is 0.801. The highest BCUT2D eigenvalue weighted by Gasteiger charge is 2.44. The second-order valence-electron chi connectivity index (χ2n) is 9.15. The Morgan fingerprint density at radius 3 is 2.59 bits per heavy atom. The number of carbonyl (C=O) groups is 1. The van der Waals surface area contributed by atoms with Crippen LogP contribution in [0.25, 0.3) is 10.4 Å². The zero-order chi connectivity index (χ0) is 27.5. The Morgan fingerprint density at radius 1 is 1.13 bits per heavy atom. The smallest absolute Gasteiger partial charge is 0.251 e. The topological polar surface area (TPSA) is 129 Å². The molecule has 0 unspecified atom stereocenters. The summed E-state index contributed by atoms with van der Waals surface area (Å²) in [6.07, 6.45) is 1.47. The number of aliphatic hydroxyl groups is 1. The van der Waals surface area contributed by atoms with Gasteiger partial charge in [0.05, 0.1) is 13.2 Å². The summed E-state index contributed by atoms with van der Waals surface area (Å²) >= 11 is 5.98. The molecule has 10 heteroatoms. The van der Waals surface area contributed by atoms with E-state index in [4.69, 9.17) is 36.7 Å². The van der Waals surface area contributed by atoms with Crippen molar-refractivity contribution < 1.29 is 19.4 Å². The summed E-state index contributed by atoms with van der Waals surface area (Å²) in [6, 6.07) is 22.3. The van der Waals surface area contributed by atoms with Crippen LogP contribution in [0.2, 0.25) is 5.02 Å². The van der Waals surface area contributed by atoms with Crippen LogP contribution in [-0.2, 0) is 28.9 Å². The lowest BCUT2D eigenvalue weighted by Crippen LogP contribution is -2.49. The van der Waals surface area contributed by atoms with Crippen molar-refractivity contribution in [3.63, 3.8) is 0 Å². The molecule has 1 aliphatic heterocycles. The second-order valence-corrected chi connectivity index (χ2v) is 9.59. The Balaban J connectivity index is 1.56. The number of hydrogen-bond acceptors (Lipinski definition) is 6. The molecule has 0 aliphatic carbocycles. The molecule has 0 aromatic heterocycles. The minimum absolute atomic E-state index is 0.0680. The molecule has 0 fully saturated rings. The highest BCUT2D eigenvalue weighted by Crippen LogP contribution is 2.29. The Hall–Kier alpha value is -4.04. The standard InChI is InChI=1S/C29H30ClN5O4/c30-25-10-6-21(7-11-25)14-15-32-28(37)29(18-23-4-1-2-5-24(23)19-33-35-31)20-39-27(34-29)22-8-12-26(13-9-22)38-17-3-16-36/h1-2,4-13,36H,3,14-20H2,(H,32,37)/t29-/m1/s1. The number of halogens is 1. The van der Waals surface area contributed by atoms with Gasteiger partial charge in [0.2, 0.25) is 5.90 Å². The van der Waals surface area contributed by atoms with E-state index in [0.717, 1.165) is 22.3 Å². The van der Waals surface area contributed by atoms with Crippen molar-refractivity contribution in [2.45, 2.75) is 31.3 Å². The van der Waals surface area contributed by atoms with Crippen LogP contribution in [0.15, 0.2) is 82.9 Å². The maximum absolute atomic E-state index is 13.7. The number of carbonyl (C=O) groups excluding carboxylic acids is 1. The maximum Gasteiger partial charge on any atom is 0.251 e. The van der Waals surface area contributed by atoms with E-state index in [-0.39, 0.29) is 32.1 Å². The number of ether oxygens (including phenoxy) is 2. The van der Waals surface area contributed by atoms with E-state index >= 15 is 0 Å². The fraction of sp³-hybridized carbons (Fsp3) is 0.310. The van der Waals surface area contributed by atoms with Crippen LogP contribution in [-0.4, -0.2) is 48.8 Å². The van der Waals surface area contributed by atoms with Gasteiger partial charge in [0, 0.05) is 41.5 Å². The molecule has 0 saturated heterocycles. The fourth-order valence-corrected chi connectivity index (χ4v) is 4.40. The molecule has 4 rings (SSSR count). The quantitative estimate of drug-likeness (QED) is 0.134. The van der Waals surface area contributed by atoms with E-state index in [1.165, 1.54) is 0 Å². The summed E-state index contributed by atoms with van der Waals surface area (Å²) in [4.78, 5) is 21.4. The molecule has 0 spiro atoms. The van der Waals surface area contributed by atoms with Crippen LogP contribution in [0.1, 0.15) is 28.7 Å². The summed E-state index contributed by atoms with van der Waals surface area (Å²) in [6.45, 7) is 1.16. The lowest BCUT2D eigenvalue weighted by Gasteiger charge is -2.24. The molecule has 202 valence electrons. The molecule has 1 heterocycles. The Labute approximate surface area is 232 Å². The summed E-state index contributed by atoms with van der Waals surface area (Å²) in [5, 5.41) is 16.4. The average Bonchev–Trinajstić information content (AvgIpc) is 3.39. The number of azide groups is 1. The van der Waals surface area contributed by atoms with E-state index in [1.807, 2.05) is 60.7 Å². The summed E-state index contributed by atoms with van der Waals surface area (Å²) < 4.78 is 11.6. The van der Waals surface area contributed by atoms with Gasteiger partial charge in [-0.25, -0.2) is 4.99 Å². The van der Waals surface area contributed by atoms with Crippen molar-refractivity contribution in [2.75, 3.05) is 26.4 Å². The van der Waals surface area contributed by atoms with Crippen molar-refractivity contribution in [3.05, 3.63) is 111 Å². The number of benzene rings is 3. The van der Waals surface area contributed by atoms with Gasteiger partial charge in [0.25, 0.3) is 5.91 Å². The number of nitrogens with zero attached hydrogens (tertiary/aromatic N) is 4. The first kappa shape index (κ1) is 28.0. The molecule has 1 atom stereocenters. The Bertz CT molecular complexity index is 1340. The largest absolute Gasteiger partial charge is 0.494 e. The third-order valence-electron chi connectivity index (χ3n) is 6.38. The molecule has 9 nitrogen and oxygen atoms in total. The Kier molecular flexibility index (Phi) is 9.80. The third kappa shape index (κ3) is 7.51. The zero-order valence-corrected chi connectivity index (χ0v) is 22.2. The van der Waals surface area contributed by atoms with Gasteiger partial charge >= 0.3 is 0 Å². The van der Waals surface area contributed by atoms with Crippen LogP contribution >= 0.6 is 11.6 Å². The van der Waals surface area contributed by atoms with Gasteiger partial charge in [-0.05, 0) is 65.0 Å². The number of rotatable bonds is 13. The zero-order valence-electron chi connectivity index (χ0n) is 21.4. The SMILES string of the molecule is [N-]=[N+]=NCc1ccccc1C[C@]1(C(=O)NCCc2ccc(Cl)cc2)COC(c2ccc(OCCCO)cc2)=N1. The van der Waals surface area contributed by atoms with Gasteiger partial charge in [-0.2, -0.15) is 0 Å². The number of hydrogen-bond donors (Lipinski definition) is 2. The molecular weight excluding hydrogens is 518 g/mol. The lowest BCUT2D eigenvalue weighted by molar-refractivity contribution is -0.126. The second kappa shape index (κ2) is 13.7. The third-order valence-corrected chi connectivity index (χ3v) is 6.63. The monoisotopic (exact) mass is 547 g/mol. The number of aliphatic imine (C=N–C) groups is 1. The predicted octanol–water partition coefficient (Wildman–Crippen LogP) is 5.03. The number of amides is 1. The first-order valence-electron chi connectivity index (χ1n) is 12.7. The van der Waals surface area contributed by atoms with Gasteiger partial charge in [-0.15, -0.1) is 0 Å². The van der Waals surface area contributed by atoms with Crippen LogP contribution in [0.4, 0.5) is 0 Å². The van der Waals surface area contributed by atoms with Crippen molar-refractivity contribution in [3.8, 4) is 5.75 Å². The van der Waals surface area contributed by atoms with Crippen molar-refractivity contribution in [1.82, 2.24) is 5.32 Å². The molecule has 2 N–H and O–H groups in total. The predicted molar refractivity (Wildman–Crippen MR) is 150 cm³/mol. The molecular formula is C29H30ClN5O4. The number of nitrogens with one attached hydrogen (secondary N) is 1. The van der Waals surface area contributed by atoms with Gasteiger partial charge in [0.1, 0.15) is 12.4 Å². The van der Waals surface area contributed by atoms with Gasteiger partial charge in [-0.3, -0.25) is 4.79 Å². The van der Waals surface area contributed by atoms with E-state index in [2.05, 4.69) is 15.3 Å². The summed E-state index contributed by atoms with van der Waals surface area (Å²) in [5.41, 5.74) is 11.1. The van der Waals surface area contributed by atoms with Crippen molar-refractivity contribution in [1.29, 1.82) is 0 Å². The maximum atomic E-state index is 13.7. The minimum atomic E-state index is -1.20. The van der Waals surface area contributed by atoms with Crippen LogP contribution in [0.5, 0.6) is 5.75 Å². The Morgan fingerprint density at radius 2 is 1.87 bits per heavy atom. The van der Waals surface area contributed by atoms with Crippen molar-refractivity contribution >= 4 is 23.4 Å². The minimum Gasteiger partial charge on any atom is -0.494 e. The molecule has 1 amide bonds. The van der Waals surface area contributed by atoms with E-state index in [1.54, 1.807) is 12.1 Å². The molecule has 3 aromatic carbocycles. The van der Waals surface area contributed by atoms with Crippen molar-refractivity contribution in [2.24, 2.45) is 10.1 Å². The fourth-order valence-electron chi connectivity index (χ4n) is 4.27. The average molecular weight is 548 g/mol.